The number of halogens is 3. The third-order valence-electron chi connectivity index (χ3n) is 4.33. The number of ether oxygens (including phenoxy) is 1. The van der Waals surface area contributed by atoms with Crippen LogP contribution in [0.2, 0.25) is 0 Å². The van der Waals surface area contributed by atoms with E-state index in [2.05, 4.69) is 15.0 Å². The summed E-state index contributed by atoms with van der Waals surface area (Å²) in [6, 6.07) is 12.5. The third-order valence-corrected chi connectivity index (χ3v) is 4.33. The number of aromatic nitrogens is 2. The van der Waals surface area contributed by atoms with Crippen LogP contribution in [0.4, 0.5) is 13.2 Å². The molecule has 2 heterocycles. The summed E-state index contributed by atoms with van der Waals surface area (Å²) in [5.74, 6) is 1.55. The molecule has 0 aliphatic carbocycles. The Bertz CT molecular complexity index is 922. The highest BCUT2D eigenvalue weighted by atomic mass is 19.4. The molecule has 0 spiro atoms. The molecule has 27 heavy (non-hydrogen) atoms. The van der Waals surface area contributed by atoms with Gasteiger partial charge >= 0.3 is 6.18 Å². The Morgan fingerprint density at radius 1 is 1.04 bits per heavy atom. The zero-order valence-corrected chi connectivity index (χ0v) is 14.2. The van der Waals surface area contributed by atoms with E-state index in [0.717, 1.165) is 23.4 Å². The van der Waals surface area contributed by atoms with Crippen molar-refractivity contribution in [3.8, 4) is 17.1 Å². The van der Waals surface area contributed by atoms with E-state index < -0.39 is 11.7 Å². The van der Waals surface area contributed by atoms with Gasteiger partial charge in [0.15, 0.2) is 0 Å². The van der Waals surface area contributed by atoms with Gasteiger partial charge in [0.2, 0.25) is 11.7 Å². The largest absolute Gasteiger partial charge is 0.492 e. The fourth-order valence-electron chi connectivity index (χ4n) is 2.95. The Morgan fingerprint density at radius 3 is 2.59 bits per heavy atom. The van der Waals surface area contributed by atoms with Crippen molar-refractivity contribution in [1.29, 1.82) is 0 Å². The summed E-state index contributed by atoms with van der Waals surface area (Å²) in [6.45, 7) is 2.38. The SMILES string of the molecule is FC(F)(F)c1ccc(-c2noc(CN3CCOc4ccccc4C3)n2)cc1. The van der Waals surface area contributed by atoms with Crippen LogP contribution in [-0.2, 0) is 19.3 Å². The van der Waals surface area contributed by atoms with E-state index in [1.54, 1.807) is 0 Å². The molecular weight excluding hydrogens is 359 g/mol. The fraction of sp³-hybridized carbons (Fsp3) is 0.263. The second kappa shape index (κ2) is 7.03. The van der Waals surface area contributed by atoms with Gasteiger partial charge in [-0.05, 0) is 18.2 Å². The minimum absolute atomic E-state index is 0.269. The number of alkyl halides is 3. The molecule has 0 fully saturated rings. The molecule has 1 aliphatic rings. The minimum atomic E-state index is -4.37. The molecule has 1 aromatic heterocycles. The normalized spacial score (nSPS) is 15.1. The van der Waals surface area contributed by atoms with Crippen molar-refractivity contribution in [2.24, 2.45) is 0 Å². The molecule has 0 radical (unpaired) electrons. The van der Waals surface area contributed by atoms with E-state index in [1.807, 2.05) is 24.3 Å². The van der Waals surface area contributed by atoms with Crippen LogP contribution >= 0.6 is 0 Å². The average Bonchev–Trinajstić information content (AvgIpc) is 3.01. The van der Waals surface area contributed by atoms with Gasteiger partial charge in [-0.1, -0.05) is 35.5 Å². The predicted molar refractivity (Wildman–Crippen MR) is 90.8 cm³/mol. The van der Waals surface area contributed by atoms with Crippen LogP contribution < -0.4 is 4.74 Å². The van der Waals surface area contributed by atoms with Crippen molar-refractivity contribution in [2.45, 2.75) is 19.3 Å². The molecule has 0 N–H and O–H groups in total. The number of rotatable bonds is 3. The van der Waals surface area contributed by atoms with E-state index in [9.17, 15) is 13.2 Å². The van der Waals surface area contributed by atoms with E-state index in [1.165, 1.54) is 12.1 Å². The first-order valence-corrected chi connectivity index (χ1v) is 8.42. The number of nitrogens with zero attached hydrogens (tertiary/aromatic N) is 3. The average molecular weight is 375 g/mol. The molecule has 0 saturated heterocycles. The first-order valence-electron chi connectivity index (χ1n) is 8.42. The van der Waals surface area contributed by atoms with Crippen LogP contribution in [0.3, 0.4) is 0 Å². The predicted octanol–water partition coefficient (Wildman–Crippen LogP) is 4.15. The standard InChI is InChI=1S/C19H16F3N3O2/c20-19(21,22)15-7-5-13(6-8-15)18-23-17(27-24-18)12-25-9-10-26-16-4-2-1-3-14(16)11-25/h1-8H,9-12H2. The topological polar surface area (TPSA) is 51.4 Å². The van der Waals surface area contributed by atoms with Crippen LogP contribution in [0.5, 0.6) is 5.75 Å². The third kappa shape index (κ3) is 3.95. The van der Waals surface area contributed by atoms with Gasteiger partial charge < -0.3 is 9.26 Å². The second-order valence-electron chi connectivity index (χ2n) is 6.25. The van der Waals surface area contributed by atoms with Gasteiger partial charge in [0.1, 0.15) is 12.4 Å². The van der Waals surface area contributed by atoms with Gasteiger partial charge in [0.05, 0.1) is 12.1 Å². The lowest BCUT2D eigenvalue weighted by molar-refractivity contribution is -0.137. The zero-order chi connectivity index (χ0) is 18.9. The maximum Gasteiger partial charge on any atom is 0.416 e. The minimum Gasteiger partial charge on any atom is -0.492 e. The monoisotopic (exact) mass is 375 g/mol. The van der Waals surface area contributed by atoms with Gasteiger partial charge in [-0.3, -0.25) is 4.90 Å². The van der Waals surface area contributed by atoms with Crippen molar-refractivity contribution in [2.75, 3.05) is 13.2 Å². The van der Waals surface area contributed by atoms with E-state index >= 15 is 0 Å². The molecule has 8 heteroatoms. The fourth-order valence-corrected chi connectivity index (χ4v) is 2.95. The molecule has 0 unspecified atom stereocenters. The highest BCUT2D eigenvalue weighted by molar-refractivity contribution is 5.54. The number of hydrogen-bond donors (Lipinski definition) is 0. The quantitative estimate of drug-likeness (QED) is 0.688. The van der Waals surface area contributed by atoms with Crippen molar-refractivity contribution >= 4 is 0 Å². The highest BCUT2D eigenvalue weighted by Crippen LogP contribution is 2.30. The van der Waals surface area contributed by atoms with E-state index in [4.69, 9.17) is 9.26 Å². The Balaban J connectivity index is 1.47. The molecule has 3 aromatic rings. The summed E-state index contributed by atoms with van der Waals surface area (Å²) in [4.78, 5) is 6.43. The van der Waals surface area contributed by atoms with Crippen LogP contribution in [0.1, 0.15) is 17.0 Å². The van der Waals surface area contributed by atoms with Gasteiger partial charge in [0.25, 0.3) is 0 Å². The molecule has 2 aromatic carbocycles. The van der Waals surface area contributed by atoms with E-state index in [-0.39, 0.29) is 5.82 Å². The summed E-state index contributed by atoms with van der Waals surface area (Å²) in [5.41, 5.74) is 0.846. The molecule has 5 nitrogen and oxygen atoms in total. The summed E-state index contributed by atoms with van der Waals surface area (Å²) in [5, 5.41) is 3.89. The Labute approximate surface area is 153 Å². The second-order valence-corrected chi connectivity index (χ2v) is 6.25. The van der Waals surface area contributed by atoms with Gasteiger partial charge in [-0.25, -0.2) is 0 Å². The lowest BCUT2D eigenvalue weighted by Gasteiger charge is -2.16. The molecule has 140 valence electrons. The number of hydrogen-bond acceptors (Lipinski definition) is 5. The highest BCUT2D eigenvalue weighted by Gasteiger charge is 2.30. The molecule has 4 rings (SSSR count). The molecule has 0 bridgehead atoms. The molecular formula is C19H16F3N3O2. The van der Waals surface area contributed by atoms with Crippen LogP contribution in [-0.4, -0.2) is 28.2 Å². The Kier molecular flexibility index (Phi) is 4.57. The van der Waals surface area contributed by atoms with Gasteiger partial charge in [-0.2, -0.15) is 18.2 Å². The number of para-hydroxylation sites is 1. The maximum absolute atomic E-state index is 12.7. The zero-order valence-electron chi connectivity index (χ0n) is 14.2. The summed E-state index contributed by atoms with van der Waals surface area (Å²) < 4.78 is 49.0. The molecule has 0 saturated carbocycles. The van der Waals surface area contributed by atoms with Gasteiger partial charge in [0, 0.05) is 24.2 Å². The van der Waals surface area contributed by atoms with Crippen molar-refractivity contribution in [3.05, 3.63) is 65.5 Å². The molecule has 0 atom stereocenters. The Hall–Kier alpha value is -2.87. The van der Waals surface area contributed by atoms with Crippen molar-refractivity contribution < 1.29 is 22.4 Å². The maximum atomic E-state index is 12.7. The van der Waals surface area contributed by atoms with Crippen LogP contribution in [0, 0.1) is 0 Å². The summed E-state index contributed by atoms with van der Waals surface area (Å²) >= 11 is 0. The number of fused-ring (bicyclic) bond motifs is 1. The van der Waals surface area contributed by atoms with E-state index in [0.29, 0.717) is 37.7 Å². The summed E-state index contributed by atoms with van der Waals surface area (Å²) in [7, 11) is 0. The summed E-state index contributed by atoms with van der Waals surface area (Å²) in [6.07, 6.45) is -4.37. The lowest BCUT2D eigenvalue weighted by Crippen LogP contribution is -2.25. The van der Waals surface area contributed by atoms with Crippen LogP contribution in [0.25, 0.3) is 11.4 Å². The number of benzene rings is 2. The van der Waals surface area contributed by atoms with Crippen molar-refractivity contribution in [3.63, 3.8) is 0 Å². The first-order chi connectivity index (χ1) is 13.0. The first kappa shape index (κ1) is 17.5. The van der Waals surface area contributed by atoms with Crippen LogP contribution in [0.15, 0.2) is 53.1 Å². The van der Waals surface area contributed by atoms with Gasteiger partial charge in [-0.15, -0.1) is 0 Å². The lowest BCUT2D eigenvalue weighted by atomic mass is 10.1. The molecule has 1 aliphatic heterocycles. The van der Waals surface area contributed by atoms with Crippen molar-refractivity contribution in [1.82, 2.24) is 15.0 Å². The smallest absolute Gasteiger partial charge is 0.416 e. The molecule has 0 amide bonds. The Morgan fingerprint density at radius 2 is 1.81 bits per heavy atom.